The first-order valence-electron chi connectivity index (χ1n) is 10.3. The Hall–Kier alpha value is -3.78. The summed E-state index contributed by atoms with van der Waals surface area (Å²) in [5, 5.41) is 4.76. The van der Waals surface area contributed by atoms with E-state index in [4.69, 9.17) is 9.97 Å². The molecule has 0 saturated carbocycles. The molecule has 0 aliphatic carbocycles. The van der Waals surface area contributed by atoms with Crippen LogP contribution < -0.4 is 0 Å². The Labute approximate surface area is 174 Å². The molecule has 0 aliphatic heterocycles. The topological polar surface area (TPSA) is 25.8 Å². The van der Waals surface area contributed by atoms with Gasteiger partial charge >= 0.3 is 0 Å². The van der Waals surface area contributed by atoms with Gasteiger partial charge in [0.2, 0.25) is 0 Å². The molecule has 30 heavy (non-hydrogen) atoms. The molecule has 6 aromatic rings. The second-order valence-corrected chi connectivity index (χ2v) is 7.93. The normalized spacial score (nSPS) is 11.7. The fourth-order valence-electron chi connectivity index (χ4n) is 4.63. The van der Waals surface area contributed by atoms with Gasteiger partial charge in [-0.1, -0.05) is 60.7 Å². The molecule has 0 radical (unpaired) electrons. The van der Waals surface area contributed by atoms with Crippen molar-refractivity contribution in [3.63, 3.8) is 0 Å². The second kappa shape index (κ2) is 6.36. The summed E-state index contributed by atoms with van der Waals surface area (Å²) in [6.07, 6.45) is 0. The van der Waals surface area contributed by atoms with E-state index >= 15 is 0 Å². The average molecular weight is 384 g/mol. The maximum Gasteiger partial charge on any atom is 0.0718 e. The van der Waals surface area contributed by atoms with Crippen LogP contribution in [0, 0.1) is 13.8 Å². The molecule has 0 bridgehead atoms. The van der Waals surface area contributed by atoms with Gasteiger partial charge < -0.3 is 0 Å². The van der Waals surface area contributed by atoms with Crippen molar-refractivity contribution in [1.82, 2.24) is 9.97 Å². The van der Waals surface area contributed by atoms with Crippen molar-refractivity contribution < 1.29 is 0 Å². The van der Waals surface area contributed by atoms with E-state index in [2.05, 4.69) is 98.8 Å². The quantitative estimate of drug-likeness (QED) is 0.277. The summed E-state index contributed by atoms with van der Waals surface area (Å²) < 4.78 is 0. The van der Waals surface area contributed by atoms with E-state index in [9.17, 15) is 0 Å². The number of hydrogen-bond acceptors (Lipinski definition) is 2. The van der Waals surface area contributed by atoms with Crippen LogP contribution in [0.25, 0.3) is 54.7 Å². The van der Waals surface area contributed by atoms with Gasteiger partial charge in [-0.2, -0.15) is 0 Å². The van der Waals surface area contributed by atoms with Crippen LogP contribution in [0.1, 0.15) is 11.1 Å². The highest BCUT2D eigenvalue weighted by Crippen LogP contribution is 2.43. The van der Waals surface area contributed by atoms with Gasteiger partial charge in [-0.3, -0.25) is 0 Å². The molecule has 0 spiro atoms. The highest BCUT2D eigenvalue weighted by Gasteiger charge is 2.19. The van der Waals surface area contributed by atoms with Gasteiger partial charge in [0.15, 0.2) is 0 Å². The van der Waals surface area contributed by atoms with Crippen molar-refractivity contribution in [1.29, 1.82) is 0 Å². The van der Waals surface area contributed by atoms with Crippen molar-refractivity contribution in [2.24, 2.45) is 0 Å². The number of benzene rings is 4. The molecule has 0 atom stereocenters. The summed E-state index contributed by atoms with van der Waals surface area (Å²) >= 11 is 0. The Morgan fingerprint density at radius 2 is 0.933 bits per heavy atom. The van der Waals surface area contributed by atoms with Gasteiger partial charge in [0.1, 0.15) is 0 Å². The maximum atomic E-state index is 5.01. The Bertz CT molecular complexity index is 1560. The fourth-order valence-corrected chi connectivity index (χ4v) is 4.63. The summed E-state index contributed by atoms with van der Waals surface area (Å²) in [4.78, 5) is 9.96. The van der Waals surface area contributed by atoms with Crippen LogP contribution in [0.5, 0.6) is 0 Å². The van der Waals surface area contributed by atoms with Crippen molar-refractivity contribution in [3.05, 3.63) is 96.1 Å². The Kier molecular flexibility index (Phi) is 3.63. The predicted octanol–water partition coefficient (Wildman–Crippen LogP) is 7.37. The molecule has 0 N–H and O–H groups in total. The second-order valence-electron chi connectivity index (χ2n) is 7.93. The maximum absolute atomic E-state index is 5.01. The summed E-state index contributed by atoms with van der Waals surface area (Å²) in [5.74, 6) is 0. The fraction of sp³-hybridized carbons (Fsp3) is 0.0714. The van der Waals surface area contributed by atoms with Crippen molar-refractivity contribution in [2.45, 2.75) is 13.8 Å². The van der Waals surface area contributed by atoms with Crippen molar-refractivity contribution in [3.8, 4) is 11.1 Å². The van der Waals surface area contributed by atoms with E-state index in [0.717, 1.165) is 22.1 Å². The number of fused-ring (bicyclic) bond motifs is 4. The lowest BCUT2D eigenvalue weighted by atomic mass is 9.88. The zero-order valence-electron chi connectivity index (χ0n) is 17.0. The van der Waals surface area contributed by atoms with E-state index in [-0.39, 0.29) is 0 Å². The molecule has 0 aliphatic rings. The van der Waals surface area contributed by atoms with Crippen LogP contribution >= 0.6 is 0 Å². The molecule has 2 heterocycles. The first-order valence-corrected chi connectivity index (χ1v) is 10.3. The molecule has 0 saturated heterocycles. The van der Waals surface area contributed by atoms with Gasteiger partial charge in [-0.05, 0) is 49.2 Å². The molecule has 0 fully saturated rings. The SMILES string of the molecule is Cc1ccc2nc3ccccc3c(-c3c4ccccc4nc4ccccc34)c2c1C. The number of pyridine rings is 2. The van der Waals surface area contributed by atoms with E-state index < -0.39 is 0 Å². The van der Waals surface area contributed by atoms with E-state index in [0.29, 0.717) is 0 Å². The third-order valence-electron chi connectivity index (χ3n) is 6.22. The highest BCUT2D eigenvalue weighted by molar-refractivity contribution is 6.21. The van der Waals surface area contributed by atoms with Gasteiger partial charge in [-0.25, -0.2) is 9.97 Å². The van der Waals surface area contributed by atoms with Crippen LogP contribution in [0.2, 0.25) is 0 Å². The molecule has 2 heteroatoms. The van der Waals surface area contributed by atoms with Crippen LogP contribution in [-0.2, 0) is 0 Å². The van der Waals surface area contributed by atoms with E-state index in [1.165, 1.54) is 43.8 Å². The first-order chi connectivity index (χ1) is 14.7. The molecule has 0 amide bonds. The summed E-state index contributed by atoms with van der Waals surface area (Å²) in [7, 11) is 0. The molecular weight excluding hydrogens is 364 g/mol. The van der Waals surface area contributed by atoms with Crippen LogP contribution in [0.3, 0.4) is 0 Å². The van der Waals surface area contributed by atoms with Crippen molar-refractivity contribution >= 4 is 43.6 Å². The number of aryl methyl sites for hydroxylation is 2. The molecule has 6 rings (SSSR count). The third kappa shape index (κ3) is 2.37. The van der Waals surface area contributed by atoms with E-state index in [1.54, 1.807) is 0 Å². The summed E-state index contributed by atoms with van der Waals surface area (Å²) in [6, 6.07) is 29.7. The van der Waals surface area contributed by atoms with Crippen molar-refractivity contribution in [2.75, 3.05) is 0 Å². The average Bonchev–Trinajstić information content (AvgIpc) is 2.79. The number of hydrogen-bond donors (Lipinski definition) is 0. The molecule has 2 nitrogen and oxygen atoms in total. The molecule has 142 valence electrons. The van der Waals surface area contributed by atoms with Gasteiger partial charge in [-0.15, -0.1) is 0 Å². The zero-order chi connectivity index (χ0) is 20.2. The van der Waals surface area contributed by atoms with Crippen LogP contribution in [0.15, 0.2) is 84.9 Å². The smallest absolute Gasteiger partial charge is 0.0718 e. The minimum absolute atomic E-state index is 1.02. The number of nitrogens with zero attached hydrogens (tertiary/aromatic N) is 2. The zero-order valence-corrected chi connectivity index (χ0v) is 17.0. The number of para-hydroxylation sites is 3. The summed E-state index contributed by atoms with van der Waals surface area (Å²) in [6.45, 7) is 4.39. The molecule has 4 aromatic carbocycles. The number of rotatable bonds is 1. The third-order valence-corrected chi connectivity index (χ3v) is 6.22. The minimum atomic E-state index is 1.02. The number of aromatic nitrogens is 2. The highest BCUT2D eigenvalue weighted by atomic mass is 14.7. The van der Waals surface area contributed by atoms with Gasteiger partial charge in [0.05, 0.1) is 22.1 Å². The molecule has 2 aromatic heterocycles. The lowest BCUT2D eigenvalue weighted by molar-refractivity contribution is 1.36. The molecule has 0 unspecified atom stereocenters. The van der Waals surface area contributed by atoms with E-state index in [1.807, 2.05) is 0 Å². The Balaban J connectivity index is 1.97. The molecular formula is C28H20N2. The van der Waals surface area contributed by atoms with Gasteiger partial charge in [0, 0.05) is 32.7 Å². The minimum Gasteiger partial charge on any atom is -0.248 e. The van der Waals surface area contributed by atoms with Gasteiger partial charge in [0.25, 0.3) is 0 Å². The standard InChI is InChI=1S/C28H20N2/c1-17-15-16-25-26(18(17)2)28(21-11-5-8-14-24(21)30-25)27-19-9-3-6-12-22(19)29-23-13-7-4-10-20(23)27/h3-16H,1-2H3. The monoisotopic (exact) mass is 384 g/mol. The lowest BCUT2D eigenvalue weighted by Gasteiger charge is -2.18. The summed E-state index contributed by atoms with van der Waals surface area (Å²) in [5.41, 5.74) is 9.16. The van der Waals surface area contributed by atoms with Crippen LogP contribution in [0.4, 0.5) is 0 Å². The Morgan fingerprint density at radius 1 is 0.467 bits per heavy atom. The first kappa shape index (κ1) is 17.1. The lowest BCUT2D eigenvalue weighted by Crippen LogP contribution is -1.96. The van der Waals surface area contributed by atoms with Crippen LogP contribution in [-0.4, -0.2) is 9.97 Å². The largest absolute Gasteiger partial charge is 0.248 e. The Morgan fingerprint density at radius 3 is 1.50 bits per heavy atom. The predicted molar refractivity (Wildman–Crippen MR) is 127 cm³/mol.